The molecule has 5 nitrogen and oxygen atoms in total. The molecule has 0 fully saturated rings. The zero-order valence-corrected chi connectivity index (χ0v) is 8.56. The summed E-state index contributed by atoms with van der Waals surface area (Å²) in [7, 11) is 0. The maximum absolute atomic E-state index is 10.7. The van der Waals surface area contributed by atoms with E-state index in [4.69, 9.17) is 9.47 Å². The zero-order valence-electron chi connectivity index (χ0n) is 8.56. The summed E-state index contributed by atoms with van der Waals surface area (Å²) >= 11 is 0. The molecular weight excluding hydrogens is 210 g/mol. The van der Waals surface area contributed by atoms with Crippen molar-refractivity contribution >= 4 is 12.2 Å². The molecule has 0 saturated carbocycles. The normalized spacial score (nSPS) is 12.2. The molecule has 1 heterocycles. The van der Waals surface area contributed by atoms with Crippen molar-refractivity contribution in [3.63, 3.8) is 0 Å². The zero-order chi connectivity index (χ0) is 11.4. The molecule has 0 unspecified atom stereocenters. The Morgan fingerprint density at radius 1 is 1.38 bits per heavy atom. The molecule has 84 valence electrons. The van der Waals surface area contributed by atoms with Gasteiger partial charge in [-0.25, -0.2) is 0 Å². The predicted octanol–water partition coefficient (Wildman–Crippen LogP) is 0.273. The van der Waals surface area contributed by atoms with Gasteiger partial charge in [0, 0.05) is 6.54 Å². The fourth-order valence-electron chi connectivity index (χ4n) is 1.47. The first-order valence-electron chi connectivity index (χ1n) is 4.91. The minimum Gasteiger partial charge on any atom is -0.454 e. The lowest BCUT2D eigenvalue weighted by Gasteiger charge is -2.03. The molecule has 0 atom stereocenters. The van der Waals surface area contributed by atoms with Crippen LogP contribution in [0, 0.1) is 0 Å². The number of rotatable bonds is 4. The number of benzene rings is 1. The molecule has 1 aliphatic rings. The second-order valence-corrected chi connectivity index (χ2v) is 3.35. The Labute approximate surface area is 92.4 Å². The Kier molecular flexibility index (Phi) is 3.05. The second kappa shape index (κ2) is 4.65. The van der Waals surface area contributed by atoms with Gasteiger partial charge in [0.15, 0.2) is 11.5 Å². The largest absolute Gasteiger partial charge is 0.454 e. The molecule has 1 aromatic rings. The molecule has 2 rings (SSSR count). The van der Waals surface area contributed by atoms with E-state index >= 15 is 0 Å². The van der Waals surface area contributed by atoms with Crippen LogP contribution in [0.2, 0.25) is 0 Å². The smallest absolute Gasteiger partial charge is 0.284 e. The standard InChI is InChI=1S/C11H11NO4/c13-6-11(14)12-4-3-8-1-2-9-10(5-8)16-7-15-9/h1-2,5-6H,3-4,7H2,(H,12,14). The van der Waals surface area contributed by atoms with E-state index < -0.39 is 5.91 Å². The van der Waals surface area contributed by atoms with Gasteiger partial charge in [0.1, 0.15) is 0 Å². The Morgan fingerprint density at radius 2 is 2.19 bits per heavy atom. The molecule has 0 radical (unpaired) electrons. The highest BCUT2D eigenvalue weighted by Gasteiger charge is 2.12. The number of hydrogen-bond acceptors (Lipinski definition) is 4. The molecule has 0 aromatic heterocycles. The van der Waals surface area contributed by atoms with Gasteiger partial charge < -0.3 is 14.8 Å². The summed E-state index contributed by atoms with van der Waals surface area (Å²) in [5.41, 5.74) is 1.02. The van der Waals surface area contributed by atoms with Crippen molar-refractivity contribution in [2.75, 3.05) is 13.3 Å². The van der Waals surface area contributed by atoms with Crippen molar-refractivity contribution in [3.8, 4) is 11.5 Å². The van der Waals surface area contributed by atoms with Gasteiger partial charge >= 0.3 is 0 Å². The topological polar surface area (TPSA) is 64.6 Å². The lowest BCUT2D eigenvalue weighted by atomic mass is 10.1. The molecule has 5 heteroatoms. The quantitative estimate of drug-likeness (QED) is 0.585. The van der Waals surface area contributed by atoms with Crippen LogP contribution in [0.1, 0.15) is 5.56 Å². The lowest BCUT2D eigenvalue weighted by Crippen LogP contribution is -2.26. The third-order valence-corrected chi connectivity index (χ3v) is 2.26. The summed E-state index contributed by atoms with van der Waals surface area (Å²) in [6.45, 7) is 0.678. The lowest BCUT2D eigenvalue weighted by molar-refractivity contribution is -0.131. The molecule has 1 aliphatic heterocycles. The maximum Gasteiger partial charge on any atom is 0.284 e. The molecule has 1 amide bonds. The number of carbonyl (C=O) groups excluding carboxylic acids is 2. The summed E-state index contributed by atoms with van der Waals surface area (Å²) in [4.78, 5) is 20.7. The highest BCUT2D eigenvalue weighted by molar-refractivity contribution is 6.23. The highest BCUT2D eigenvalue weighted by Crippen LogP contribution is 2.32. The molecule has 0 spiro atoms. The summed E-state index contributed by atoms with van der Waals surface area (Å²) < 4.78 is 10.4. The maximum atomic E-state index is 10.7. The number of hydrogen-bond donors (Lipinski definition) is 1. The average Bonchev–Trinajstić information content (AvgIpc) is 2.76. The van der Waals surface area contributed by atoms with E-state index in [1.165, 1.54) is 0 Å². The number of aldehydes is 1. The summed E-state index contributed by atoms with van der Waals surface area (Å²) in [5, 5.41) is 2.47. The van der Waals surface area contributed by atoms with Crippen molar-refractivity contribution < 1.29 is 19.1 Å². The van der Waals surface area contributed by atoms with Crippen LogP contribution in [-0.4, -0.2) is 25.5 Å². The van der Waals surface area contributed by atoms with E-state index in [2.05, 4.69) is 5.32 Å². The minimum atomic E-state index is -0.597. The van der Waals surface area contributed by atoms with E-state index in [0.717, 1.165) is 17.1 Å². The number of ether oxygens (including phenoxy) is 2. The van der Waals surface area contributed by atoms with E-state index in [-0.39, 0.29) is 13.1 Å². The first-order valence-corrected chi connectivity index (χ1v) is 4.91. The Morgan fingerprint density at radius 3 is 3.00 bits per heavy atom. The van der Waals surface area contributed by atoms with Gasteiger partial charge in [-0.2, -0.15) is 0 Å². The van der Waals surface area contributed by atoms with E-state index in [0.29, 0.717) is 13.0 Å². The SMILES string of the molecule is O=CC(=O)NCCc1ccc2c(c1)OCO2. The first kappa shape index (κ1) is 10.5. The van der Waals surface area contributed by atoms with Crippen LogP contribution < -0.4 is 14.8 Å². The minimum absolute atomic E-state index is 0.251. The molecule has 16 heavy (non-hydrogen) atoms. The van der Waals surface area contributed by atoms with Gasteiger partial charge in [0.2, 0.25) is 13.1 Å². The number of nitrogens with one attached hydrogen (secondary N) is 1. The number of carbonyl (C=O) groups is 2. The van der Waals surface area contributed by atoms with Crippen LogP contribution in [0.15, 0.2) is 18.2 Å². The molecule has 1 aromatic carbocycles. The van der Waals surface area contributed by atoms with Crippen molar-refractivity contribution in [3.05, 3.63) is 23.8 Å². The van der Waals surface area contributed by atoms with E-state index in [1.807, 2.05) is 18.2 Å². The summed E-state index contributed by atoms with van der Waals surface area (Å²) in [5.74, 6) is 0.862. The second-order valence-electron chi connectivity index (χ2n) is 3.35. The number of fused-ring (bicyclic) bond motifs is 1. The fourth-order valence-corrected chi connectivity index (χ4v) is 1.47. The first-order chi connectivity index (χ1) is 7.79. The van der Waals surface area contributed by atoms with Gasteiger partial charge in [-0.3, -0.25) is 9.59 Å². The van der Waals surface area contributed by atoms with E-state index in [9.17, 15) is 9.59 Å². The third kappa shape index (κ3) is 2.31. The number of amides is 1. The summed E-state index contributed by atoms with van der Waals surface area (Å²) in [6.07, 6.45) is 0.913. The average molecular weight is 221 g/mol. The van der Waals surface area contributed by atoms with Gasteiger partial charge in [-0.05, 0) is 24.1 Å². The van der Waals surface area contributed by atoms with Crippen LogP contribution in [0.5, 0.6) is 11.5 Å². The van der Waals surface area contributed by atoms with Crippen molar-refractivity contribution in [1.29, 1.82) is 0 Å². The van der Waals surface area contributed by atoms with Gasteiger partial charge in [0.05, 0.1) is 0 Å². The Bertz CT molecular complexity index is 416. The van der Waals surface area contributed by atoms with Crippen molar-refractivity contribution in [1.82, 2.24) is 5.32 Å². The summed E-state index contributed by atoms with van der Waals surface area (Å²) in [6, 6.07) is 5.61. The fraction of sp³-hybridized carbons (Fsp3) is 0.273. The third-order valence-electron chi connectivity index (χ3n) is 2.26. The molecule has 1 N–H and O–H groups in total. The molecule has 0 aliphatic carbocycles. The van der Waals surface area contributed by atoms with Gasteiger partial charge in [0.25, 0.3) is 5.91 Å². The van der Waals surface area contributed by atoms with Crippen LogP contribution >= 0.6 is 0 Å². The van der Waals surface area contributed by atoms with Gasteiger partial charge in [-0.15, -0.1) is 0 Å². The highest BCUT2D eigenvalue weighted by atomic mass is 16.7. The Balaban J connectivity index is 1.90. The van der Waals surface area contributed by atoms with E-state index in [1.54, 1.807) is 0 Å². The van der Waals surface area contributed by atoms with Gasteiger partial charge in [-0.1, -0.05) is 6.07 Å². The Hall–Kier alpha value is -2.04. The van der Waals surface area contributed by atoms with Crippen molar-refractivity contribution in [2.45, 2.75) is 6.42 Å². The molecule has 0 saturated heterocycles. The van der Waals surface area contributed by atoms with Crippen LogP contribution in [-0.2, 0) is 16.0 Å². The molecular formula is C11H11NO4. The van der Waals surface area contributed by atoms with Crippen LogP contribution in [0.3, 0.4) is 0 Å². The monoisotopic (exact) mass is 221 g/mol. The molecule has 0 bridgehead atoms. The van der Waals surface area contributed by atoms with Crippen LogP contribution in [0.4, 0.5) is 0 Å². The van der Waals surface area contributed by atoms with Crippen LogP contribution in [0.25, 0.3) is 0 Å². The predicted molar refractivity (Wildman–Crippen MR) is 55.3 cm³/mol. The van der Waals surface area contributed by atoms with Crippen molar-refractivity contribution in [2.24, 2.45) is 0 Å².